The van der Waals surface area contributed by atoms with E-state index in [1.165, 1.54) is 0 Å². The summed E-state index contributed by atoms with van der Waals surface area (Å²) in [5.74, 6) is 0.00334. The third kappa shape index (κ3) is 6.07. The fraction of sp³-hybridized carbons (Fsp3) is 0.318. The lowest BCUT2D eigenvalue weighted by Crippen LogP contribution is -2.35. The van der Waals surface area contributed by atoms with Crippen LogP contribution >= 0.6 is 0 Å². The Hall–Kier alpha value is -3.35. The van der Waals surface area contributed by atoms with Crippen molar-refractivity contribution in [3.8, 4) is 0 Å². The van der Waals surface area contributed by atoms with Gasteiger partial charge in [-0.1, -0.05) is 17.7 Å². The normalized spacial score (nSPS) is 12.8. The van der Waals surface area contributed by atoms with E-state index in [9.17, 15) is 14.4 Å². The van der Waals surface area contributed by atoms with Crippen molar-refractivity contribution in [1.29, 1.82) is 0 Å². The topological polar surface area (TPSA) is 99.3 Å². The van der Waals surface area contributed by atoms with Gasteiger partial charge in [0.05, 0.1) is 0 Å². The predicted octanol–water partition coefficient (Wildman–Crippen LogP) is 3.20. The Morgan fingerprint density at radius 2 is 1.59 bits per heavy atom. The molecule has 0 saturated heterocycles. The molecule has 2 aromatic carbocycles. The van der Waals surface area contributed by atoms with E-state index in [-0.39, 0.29) is 23.8 Å². The highest BCUT2D eigenvalue weighted by molar-refractivity contribution is 6.01. The van der Waals surface area contributed by atoms with Gasteiger partial charge in [0.25, 0.3) is 5.91 Å². The highest BCUT2D eigenvalue weighted by Gasteiger charge is 2.28. The molecule has 1 saturated carbocycles. The van der Waals surface area contributed by atoms with Gasteiger partial charge in [-0.15, -0.1) is 0 Å². The molecule has 0 radical (unpaired) electrons. The largest absolute Gasteiger partial charge is 0.354 e. The smallest absolute Gasteiger partial charge is 0.323 e. The summed E-state index contributed by atoms with van der Waals surface area (Å²) in [5, 5.41) is 11.1. The van der Waals surface area contributed by atoms with Crippen LogP contribution in [0.5, 0.6) is 0 Å². The zero-order valence-corrected chi connectivity index (χ0v) is 16.7. The van der Waals surface area contributed by atoms with E-state index in [4.69, 9.17) is 0 Å². The van der Waals surface area contributed by atoms with Crippen molar-refractivity contribution in [1.82, 2.24) is 10.6 Å². The molecule has 152 valence electrons. The maximum Gasteiger partial charge on any atom is 0.323 e. The van der Waals surface area contributed by atoms with Crippen LogP contribution in [0.15, 0.2) is 42.5 Å². The predicted molar refractivity (Wildman–Crippen MR) is 113 cm³/mol. The third-order valence-electron chi connectivity index (χ3n) is 4.69. The van der Waals surface area contributed by atoms with E-state index in [1.54, 1.807) is 24.3 Å². The maximum absolute atomic E-state index is 12.2. The Balaban J connectivity index is 1.44. The number of aryl methyl sites for hydroxylation is 2. The van der Waals surface area contributed by atoms with Crippen molar-refractivity contribution in [3.63, 3.8) is 0 Å². The molecule has 4 N–H and O–H groups in total. The first kappa shape index (κ1) is 20.4. The summed E-state index contributed by atoms with van der Waals surface area (Å²) in [6.45, 7) is 4.72. The molecule has 0 atom stereocenters. The van der Waals surface area contributed by atoms with E-state index in [1.807, 2.05) is 32.0 Å². The minimum atomic E-state index is -0.347. The minimum absolute atomic E-state index is 0.0637. The molecule has 1 aliphatic rings. The van der Waals surface area contributed by atoms with Gasteiger partial charge in [0.15, 0.2) is 0 Å². The van der Waals surface area contributed by atoms with Gasteiger partial charge in [-0.05, 0) is 62.6 Å². The average Bonchev–Trinajstić information content (AvgIpc) is 3.53. The van der Waals surface area contributed by atoms with Crippen molar-refractivity contribution in [2.75, 3.05) is 23.7 Å². The van der Waals surface area contributed by atoms with Crippen LogP contribution in [0.4, 0.5) is 16.2 Å². The number of rotatable bonds is 7. The molecule has 3 rings (SSSR count). The number of benzene rings is 2. The van der Waals surface area contributed by atoms with Crippen LogP contribution in [0.2, 0.25) is 0 Å². The minimum Gasteiger partial charge on any atom is -0.354 e. The Morgan fingerprint density at radius 3 is 2.24 bits per heavy atom. The Labute approximate surface area is 170 Å². The number of amides is 4. The molecule has 1 fully saturated rings. The van der Waals surface area contributed by atoms with Crippen LogP contribution in [0.1, 0.15) is 34.3 Å². The van der Waals surface area contributed by atoms with Crippen LogP contribution < -0.4 is 21.3 Å². The Morgan fingerprint density at radius 1 is 0.897 bits per heavy atom. The molecule has 0 heterocycles. The van der Waals surface area contributed by atoms with Gasteiger partial charge < -0.3 is 21.3 Å². The molecule has 0 unspecified atom stereocenters. The zero-order valence-electron chi connectivity index (χ0n) is 16.7. The zero-order chi connectivity index (χ0) is 20.8. The summed E-state index contributed by atoms with van der Waals surface area (Å²) in [5.41, 5.74) is 3.94. The van der Waals surface area contributed by atoms with Gasteiger partial charge in [0, 0.05) is 35.9 Å². The molecule has 4 amide bonds. The van der Waals surface area contributed by atoms with E-state index < -0.39 is 0 Å². The summed E-state index contributed by atoms with van der Waals surface area (Å²) in [7, 11) is 0. The molecular formula is C22H26N4O3. The van der Waals surface area contributed by atoms with Gasteiger partial charge in [-0.2, -0.15) is 0 Å². The molecule has 7 nitrogen and oxygen atoms in total. The second-order valence-electron chi connectivity index (χ2n) is 7.30. The van der Waals surface area contributed by atoms with Crippen molar-refractivity contribution in [2.24, 2.45) is 5.92 Å². The highest BCUT2D eigenvalue weighted by Crippen LogP contribution is 2.28. The first-order chi connectivity index (χ1) is 13.9. The van der Waals surface area contributed by atoms with E-state index >= 15 is 0 Å². The molecule has 0 aromatic heterocycles. The summed E-state index contributed by atoms with van der Waals surface area (Å²) in [4.78, 5) is 35.9. The fourth-order valence-corrected chi connectivity index (χ4v) is 2.90. The summed E-state index contributed by atoms with van der Waals surface area (Å²) in [6.07, 6.45) is 1.92. The molecule has 29 heavy (non-hydrogen) atoms. The quantitative estimate of drug-likeness (QED) is 0.543. The van der Waals surface area contributed by atoms with Gasteiger partial charge in [0.1, 0.15) is 0 Å². The number of hydrogen-bond donors (Lipinski definition) is 4. The van der Waals surface area contributed by atoms with Crippen molar-refractivity contribution in [3.05, 3.63) is 59.2 Å². The van der Waals surface area contributed by atoms with Gasteiger partial charge in [-0.3, -0.25) is 9.59 Å². The molecule has 0 spiro atoms. The summed E-state index contributed by atoms with van der Waals surface area (Å²) < 4.78 is 0. The lowest BCUT2D eigenvalue weighted by atomic mass is 10.1. The third-order valence-corrected chi connectivity index (χ3v) is 4.69. The molecule has 0 bridgehead atoms. The number of hydrogen-bond acceptors (Lipinski definition) is 3. The van der Waals surface area contributed by atoms with Crippen molar-refractivity contribution in [2.45, 2.75) is 26.7 Å². The van der Waals surface area contributed by atoms with Crippen molar-refractivity contribution >= 4 is 29.2 Å². The number of carbonyl (C=O) groups excluding carboxylic acids is 3. The van der Waals surface area contributed by atoms with Gasteiger partial charge in [0.2, 0.25) is 5.91 Å². The second-order valence-corrected chi connectivity index (χ2v) is 7.30. The van der Waals surface area contributed by atoms with Crippen LogP contribution in [0.25, 0.3) is 0 Å². The van der Waals surface area contributed by atoms with Crippen LogP contribution in [0.3, 0.4) is 0 Å². The number of anilines is 2. The van der Waals surface area contributed by atoms with Crippen LogP contribution in [-0.4, -0.2) is 30.9 Å². The van der Waals surface area contributed by atoms with Crippen LogP contribution in [0, 0.1) is 19.8 Å². The first-order valence-electron chi connectivity index (χ1n) is 9.73. The molecule has 7 heteroatoms. The summed E-state index contributed by atoms with van der Waals surface area (Å²) >= 11 is 0. The van der Waals surface area contributed by atoms with Gasteiger partial charge in [-0.25, -0.2) is 4.79 Å². The second kappa shape index (κ2) is 9.23. The fourth-order valence-electron chi connectivity index (χ4n) is 2.90. The van der Waals surface area contributed by atoms with E-state index in [0.29, 0.717) is 24.3 Å². The standard InChI is InChI=1S/C22H26N4O3/c1-14-3-10-19(15(2)13-14)26-22(29)25-18-8-6-17(7-9-18)21(28)24-12-11-23-20(27)16-4-5-16/h3,6-10,13,16H,4-5,11-12H2,1-2H3,(H,23,27)(H,24,28)(H2,25,26,29). The Bertz CT molecular complexity index is 905. The SMILES string of the molecule is Cc1ccc(NC(=O)Nc2ccc(C(=O)NCCNC(=O)C3CC3)cc2)c(C)c1. The number of urea groups is 1. The monoisotopic (exact) mass is 394 g/mol. The molecule has 2 aromatic rings. The maximum atomic E-state index is 12.2. The van der Waals surface area contributed by atoms with Crippen LogP contribution in [-0.2, 0) is 4.79 Å². The van der Waals surface area contributed by atoms with Gasteiger partial charge >= 0.3 is 6.03 Å². The highest BCUT2D eigenvalue weighted by atomic mass is 16.2. The molecular weight excluding hydrogens is 368 g/mol. The van der Waals surface area contributed by atoms with E-state index in [2.05, 4.69) is 21.3 Å². The van der Waals surface area contributed by atoms with Crippen molar-refractivity contribution < 1.29 is 14.4 Å². The molecule has 0 aliphatic heterocycles. The average molecular weight is 394 g/mol. The first-order valence-corrected chi connectivity index (χ1v) is 9.73. The lowest BCUT2D eigenvalue weighted by molar-refractivity contribution is -0.122. The van der Waals surface area contributed by atoms with E-state index in [0.717, 1.165) is 29.7 Å². The Kier molecular flexibility index (Phi) is 6.49. The molecule has 1 aliphatic carbocycles. The number of carbonyl (C=O) groups is 3. The lowest BCUT2D eigenvalue weighted by Gasteiger charge is -2.11. The summed E-state index contributed by atoms with van der Waals surface area (Å²) in [6, 6.07) is 12.1. The number of nitrogens with one attached hydrogen (secondary N) is 4.